The number of nitrogens with one attached hydrogen (secondary N) is 2. The second-order valence-corrected chi connectivity index (χ2v) is 3.68. The molecule has 3 N–H and O–H groups in total. The van der Waals surface area contributed by atoms with Gasteiger partial charge in [-0.2, -0.15) is 0 Å². The summed E-state index contributed by atoms with van der Waals surface area (Å²) in [5.41, 5.74) is 2.70. The maximum atomic E-state index is 9.10. The molecule has 1 heterocycles. The van der Waals surface area contributed by atoms with Gasteiger partial charge in [-0.05, 0) is 6.92 Å². The van der Waals surface area contributed by atoms with E-state index in [0.717, 1.165) is 28.4 Å². The maximum absolute atomic E-state index is 9.10. The number of aliphatic hydroxyl groups excluding tert-OH is 1. The first kappa shape index (κ1) is 10.9. The molecule has 1 atom stereocenters. The number of anilines is 2. The highest BCUT2D eigenvalue weighted by atomic mass is 16.5. The normalized spacial score (nSPS) is 17.4. The number of fused-ring (bicyclic) bond motifs is 1. The Morgan fingerprint density at radius 1 is 1.31 bits per heavy atom. The molecule has 2 rings (SSSR count). The molecule has 5 heteroatoms. The van der Waals surface area contributed by atoms with Crippen molar-refractivity contribution in [3.63, 3.8) is 0 Å². The molecule has 0 aliphatic carbocycles. The highest BCUT2D eigenvalue weighted by molar-refractivity contribution is 5.84. The van der Waals surface area contributed by atoms with E-state index in [9.17, 15) is 0 Å². The van der Waals surface area contributed by atoms with E-state index < -0.39 is 0 Å². The van der Waals surface area contributed by atoms with Crippen LogP contribution in [0.25, 0.3) is 0 Å². The van der Waals surface area contributed by atoms with Gasteiger partial charge in [0, 0.05) is 11.6 Å². The third kappa shape index (κ3) is 1.53. The minimum Gasteiger partial charge on any atom is -0.496 e. The van der Waals surface area contributed by atoms with Gasteiger partial charge in [-0.3, -0.25) is 0 Å². The van der Waals surface area contributed by atoms with E-state index in [-0.39, 0.29) is 12.8 Å². The van der Waals surface area contributed by atoms with E-state index in [2.05, 4.69) is 10.6 Å². The Morgan fingerprint density at radius 2 is 2.06 bits per heavy atom. The molecular weight excluding hydrogens is 208 g/mol. The van der Waals surface area contributed by atoms with Crippen LogP contribution in [0.3, 0.4) is 0 Å². The van der Waals surface area contributed by atoms with Crippen LogP contribution in [-0.2, 0) is 0 Å². The molecule has 0 aromatic heterocycles. The summed E-state index contributed by atoms with van der Waals surface area (Å²) >= 11 is 0. The Hall–Kier alpha value is -1.62. The first-order valence-corrected chi connectivity index (χ1v) is 5.10. The summed E-state index contributed by atoms with van der Waals surface area (Å²) in [4.78, 5) is 0. The van der Waals surface area contributed by atoms with Crippen molar-refractivity contribution in [3.05, 3.63) is 11.6 Å². The lowest BCUT2D eigenvalue weighted by atomic mass is 10.1. The standard InChI is InChI=1S/C11H16N2O3/c1-6-8(15-2)4-7-10(11(6)16-3)13-9(5-14)12-7/h4,9,12-14H,5H2,1-3H3. The summed E-state index contributed by atoms with van der Waals surface area (Å²) in [6.07, 6.45) is -0.171. The van der Waals surface area contributed by atoms with Gasteiger partial charge in [0.2, 0.25) is 0 Å². The van der Waals surface area contributed by atoms with Crippen LogP contribution in [0.5, 0.6) is 11.5 Å². The highest BCUT2D eigenvalue weighted by Crippen LogP contribution is 2.44. The zero-order chi connectivity index (χ0) is 11.7. The van der Waals surface area contributed by atoms with Crippen LogP contribution in [-0.4, -0.2) is 32.1 Å². The molecule has 0 amide bonds. The van der Waals surface area contributed by atoms with Gasteiger partial charge in [-0.1, -0.05) is 0 Å². The first-order chi connectivity index (χ1) is 7.71. The Morgan fingerprint density at radius 3 is 2.62 bits per heavy atom. The lowest BCUT2D eigenvalue weighted by Crippen LogP contribution is -2.26. The van der Waals surface area contributed by atoms with Crippen LogP contribution in [0.4, 0.5) is 11.4 Å². The van der Waals surface area contributed by atoms with Crippen LogP contribution in [0.1, 0.15) is 5.56 Å². The summed E-state index contributed by atoms with van der Waals surface area (Å²) in [5, 5.41) is 15.4. The van der Waals surface area contributed by atoms with Gasteiger partial charge in [-0.25, -0.2) is 0 Å². The molecule has 88 valence electrons. The van der Waals surface area contributed by atoms with E-state index in [4.69, 9.17) is 14.6 Å². The van der Waals surface area contributed by atoms with E-state index >= 15 is 0 Å². The predicted octanol–water partition coefficient (Wildman–Crippen LogP) is 1.17. The number of rotatable bonds is 3. The van der Waals surface area contributed by atoms with Crippen molar-refractivity contribution >= 4 is 11.4 Å². The van der Waals surface area contributed by atoms with Gasteiger partial charge in [0.25, 0.3) is 0 Å². The number of benzene rings is 1. The molecule has 0 bridgehead atoms. The van der Waals surface area contributed by atoms with Gasteiger partial charge >= 0.3 is 0 Å². The molecule has 5 nitrogen and oxygen atoms in total. The van der Waals surface area contributed by atoms with Crippen molar-refractivity contribution in [1.29, 1.82) is 0 Å². The summed E-state index contributed by atoms with van der Waals surface area (Å²) < 4.78 is 10.6. The maximum Gasteiger partial charge on any atom is 0.150 e. The molecule has 0 radical (unpaired) electrons. The van der Waals surface area contributed by atoms with E-state index in [1.54, 1.807) is 14.2 Å². The topological polar surface area (TPSA) is 62.8 Å². The molecule has 0 spiro atoms. The average molecular weight is 224 g/mol. The molecule has 1 aliphatic rings. The van der Waals surface area contributed by atoms with E-state index in [1.165, 1.54) is 0 Å². The predicted molar refractivity (Wildman–Crippen MR) is 62.4 cm³/mol. The minimum absolute atomic E-state index is 0.0131. The van der Waals surface area contributed by atoms with Crippen molar-refractivity contribution in [1.82, 2.24) is 0 Å². The number of hydrogen-bond donors (Lipinski definition) is 3. The van der Waals surface area contributed by atoms with Crippen LogP contribution < -0.4 is 20.1 Å². The third-order valence-corrected chi connectivity index (χ3v) is 2.74. The fourth-order valence-corrected chi connectivity index (χ4v) is 1.95. The van der Waals surface area contributed by atoms with E-state index in [0.29, 0.717) is 0 Å². The lowest BCUT2D eigenvalue weighted by Gasteiger charge is -2.13. The molecule has 0 fully saturated rings. The Bertz CT molecular complexity index is 407. The lowest BCUT2D eigenvalue weighted by molar-refractivity contribution is 0.286. The quantitative estimate of drug-likeness (QED) is 0.719. The monoisotopic (exact) mass is 224 g/mol. The zero-order valence-corrected chi connectivity index (χ0v) is 9.63. The Kier molecular flexibility index (Phi) is 2.78. The van der Waals surface area contributed by atoms with Crippen molar-refractivity contribution in [2.75, 3.05) is 31.5 Å². The minimum atomic E-state index is -0.171. The SMILES string of the molecule is COc1cc2c(c(OC)c1C)NC(CO)N2. The summed E-state index contributed by atoms with van der Waals surface area (Å²) in [6, 6.07) is 1.90. The summed E-state index contributed by atoms with van der Waals surface area (Å²) in [6.45, 7) is 1.95. The van der Waals surface area contributed by atoms with Gasteiger partial charge in [0.1, 0.15) is 17.6 Å². The average Bonchev–Trinajstić information content (AvgIpc) is 2.71. The number of ether oxygens (including phenoxy) is 2. The fraction of sp³-hybridized carbons (Fsp3) is 0.455. The molecule has 0 saturated heterocycles. The van der Waals surface area contributed by atoms with Crippen molar-refractivity contribution in [2.24, 2.45) is 0 Å². The van der Waals surface area contributed by atoms with Crippen molar-refractivity contribution in [2.45, 2.75) is 13.1 Å². The Balaban J connectivity index is 2.49. The largest absolute Gasteiger partial charge is 0.496 e. The number of methoxy groups -OCH3 is 2. The Labute approximate surface area is 94.4 Å². The number of hydrogen-bond acceptors (Lipinski definition) is 5. The number of aliphatic hydroxyl groups is 1. The van der Waals surface area contributed by atoms with Crippen LogP contribution in [0, 0.1) is 6.92 Å². The second-order valence-electron chi connectivity index (χ2n) is 3.68. The van der Waals surface area contributed by atoms with Gasteiger partial charge < -0.3 is 25.2 Å². The second kappa shape index (κ2) is 4.09. The fourth-order valence-electron chi connectivity index (χ4n) is 1.95. The van der Waals surface area contributed by atoms with Gasteiger partial charge in [0.15, 0.2) is 5.75 Å². The molecule has 1 unspecified atom stereocenters. The highest BCUT2D eigenvalue weighted by Gasteiger charge is 2.25. The van der Waals surface area contributed by atoms with Crippen LogP contribution >= 0.6 is 0 Å². The molecule has 1 aromatic rings. The molecule has 16 heavy (non-hydrogen) atoms. The van der Waals surface area contributed by atoms with Gasteiger partial charge in [0.05, 0.1) is 26.5 Å². The molecule has 1 aromatic carbocycles. The van der Waals surface area contributed by atoms with Crippen molar-refractivity contribution < 1.29 is 14.6 Å². The van der Waals surface area contributed by atoms with Gasteiger partial charge in [-0.15, -0.1) is 0 Å². The molecular formula is C11H16N2O3. The van der Waals surface area contributed by atoms with Crippen LogP contribution in [0.2, 0.25) is 0 Å². The molecule has 1 aliphatic heterocycles. The first-order valence-electron chi connectivity index (χ1n) is 5.10. The van der Waals surface area contributed by atoms with E-state index in [1.807, 2.05) is 13.0 Å². The third-order valence-electron chi connectivity index (χ3n) is 2.74. The summed E-state index contributed by atoms with van der Waals surface area (Å²) in [7, 11) is 3.25. The zero-order valence-electron chi connectivity index (χ0n) is 9.63. The molecule has 0 saturated carbocycles. The smallest absolute Gasteiger partial charge is 0.150 e. The van der Waals surface area contributed by atoms with Crippen LogP contribution in [0.15, 0.2) is 6.07 Å². The van der Waals surface area contributed by atoms with Crippen molar-refractivity contribution in [3.8, 4) is 11.5 Å². The summed E-state index contributed by atoms with van der Waals surface area (Å²) in [5.74, 6) is 1.52.